The summed E-state index contributed by atoms with van der Waals surface area (Å²) in [5.74, 6) is -0.267. The smallest absolute Gasteiger partial charge is 0.132 e. The first-order chi connectivity index (χ1) is 8.08. The van der Waals surface area contributed by atoms with E-state index in [1.54, 1.807) is 19.1 Å². The molecule has 2 unspecified atom stereocenters. The van der Waals surface area contributed by atoms with Crippen LogP contribution in [0, 0.1) is 12.7 Å². The fourth-order valence-electron chi connectivity index (χ4n) is 3.14. The van der Waals surface area contributed by atoms with E-state index in [1.807, 2.05) is 6.07 Å². The van der Waals surface area contributed by atoms with Gasteiger partial charge in [0.25, 0.3) is 0 Å². The van der Waals surface area contributed by atoms with Gasteiger partial charge in [0.1, 0.15) is 5.82 Å². The second-order valence-corrected chi connectivity index (χ2v) is 5.33. The molecular formula is C14H17FO2. The van der Waals surface area contributed by atoms with Crippen LogP contribution in [0.4, 0.5) is 4.39 Å². The molecule has 3 rings (SSSR count). The predicted molar refractivity (Wildman–Crippen MR) is 62.2 cm³/mol. The Morgan fingerprint density at radius 1 is 1.29 bits per heavy atom. The summed E-state index contributed by atoms with van der Waals surface area (Å²) in [6, 6.07) is 5.24. The largest absolute Gasteiger partial charge is 0.385 e. The molecule has 0 aliphatic carbocycles. The Bertz CT molecular complexity index is 432. The molecule has 92 valence electrons. The number of benzene rings is 1. The molecule has 2 aliphatic heterocycles. The van der Waals surface area contributed by atoms with E-state index in [2.05, 4.69) is 0 Å². The van der Waals surface area contributed by atoms with E-state index in [-0.39, 0.29) is 18.0 Å². The zero-order valence-corrected chi connectivity index (χ0v) is 9.95. The average molecular weight is 236 g/mol. The van der Waals surface area contributed by atoms with E-state index in [4.69, 9.17) is 4.74 Å². The summed E-state index contributed by atoms with van der Waals surface area (Å²) in [6.07, 6.45) is 3.20. The zero-order chi connectivity index (χ0) is 12.0. The molecule has 0 aromatic heterocycles. The van der Waals surface area contributed by atoms with Crippen molar-refractivity contribution in [3.63, 3.8) is 0 Å². The molecular weight excluding hydrogens is 219 g/mol. The molecule has 3 heteroatoms. The van der Waals surface area contributed by atoms with Gasteiger partial charge in [-0.3, -0.25) is 0 Å². The molecule has 2 nitrogen and oxygen atoms in total. The van der Waals surface area contributed by atoms with E-state index < -0.39 is 5.60 Å². The zero-order valence-electron chi connectivity index (χ0n) is 9.95. The molecule has 0 spiro atoms. The van der Waals surface area contributed by atoms with Gasteiger partial charge >= 0.3 is 0 Å². The number of aryl methyl sites for hydroxylation is 1. The second-order valence-electron chi connectivity index (χ2n) is 5.33. The van der Waals surface area contributed by atoms with Crippen molar-refractivity contribution in [1.29, 1.82) is 0 Å². The van der Waals surface area contributed by atoms with E-state index in [0.29, 0.717) is 24.0 Å². The summed E-state index contributed by atoms with van der Waals surface area (Å²) in [7, 11) is 0. The summed E-state index contributed by atoms with van der Waals surface area (Å²) >= 11 is 0. The number of hydrogen-bond donors (Lipinski definition) is 1. The molecule has 2 saturated heterocycles. The van der Waals surface area contributed by atoms with E-state index in [9.17, 15) is 9.50 Å². The highest BCUT2D eigenvalue weighted by atomic mass is 19.1. The van der Waals surface area contributed by atoms with Gasteiger partial charge in [0.2, 0.25) is 0 Å². The van der Waals surface area contributed by atoms with Crippen LogP contribution in [-0.4, -0.2) is 17.3 Å². The van der Waals surface area contributed by atoms with Crippen molar-refractivity contribution in [2.75, 3.05) is 0 Å². The van der Waals surface area contributed by atoms with Gasteiger partial charge in [0.05, 0.1) is 17.8 Å². The Labute approximate surface area is 100 Å². The van der Waals surface area contributed by atoms with Crippen LogP contribution in [0.3, 0.4) is 0 Å². The lowest BCUT2D eigenvalue weighted by Gasteiger charge is -2.37. The van der Waals surface area contributed by atoms with Gasteiger partial charge in [-0.2, -0.15) is 0 Å². The molecule has 1 aromatic carbocycles. The van der Waals surface area contributed by atoms with Gasteiger partial charge in [-0.1, -0.05) is 18.2 Å². The van der Waals surface area contributed by atoms with Crippen LogP contribution in [0.5, 0.6) is 0 Å². The topological polar surface area (TPSA) is 29.5 Å². The maximum Gasteiger partial charge on any atom is 0.132 e. The fourth-order valence-corrected chi connectivity index (χ4v) is 3.14. The van der Waals surface area contributed by atoms with E-state index >= 15 is 0 Å². The summed E-state index contributed by atoms with van der Waals surface area (Å²) in [4.78, 5) is 0. The van der Waals surface area contributed by atoms with Crippen molar-refractivity contribution in [2.45, 2.75) is 50.4 Å². The highest BCUT2D eigenvalue weighted by Gasteiger charge is 2.45. The maximum atomic E-state index is 14.1. The monoisotopic (exact) mass is 236 g/mol. The Morgan fingerprint density at radius 2 is 1.94 bits per heavy atom. The molecule has 17 heavy (non-hydrogen) atoms. The maximum absolute atomic E-state index is 14.1. The van der Waals surface area contributed by atoms with Crippen LogP contribution < -0.4 is 0 Å². The van der Waals surface area contributed by atoms with Crippen molar-refractivity contribution < 1.29 is 14.2 Å². The molecule has 0 saturated carbocycles. The number of fused-ring (bicyclic) bond motifs is 2. The number of hydrogen-bond acceptors (Lipinski definition) is 2. The van der Waals surface area contributed by atoms with Gasteiger partial charge in [-0.25, -0.2) is 4.39 Å². The van der Waals surface area contributed by atoms with Crippen molar-refractivity contribution in [1.82, 2.24) is 0 Å². The average Bonchev–Trinajstić information content (AvgIpc) is 2.62. The highest BCUT2D eigenvalue weighted by molar-refractivity contribution is 5.30. The molecule has 2 bridgehead atoms. The van der Waals surface area contributed by atoms with Crippen LogP contribution in [0.25, 0.3) is 0 Å². The Balaban J connectivity index is 2.00. The van der Waals surface area contributed by atoms with Gasteiger partial charge in [0, 0.05) is 18.4 Å². The summed E-state index contributed by atoms with van der Waals surface area (Å²) in [5.41, 5.74) is -0.00679. The molecule has 2 fully saturated rings. The lowest BCUT2D eigenvalue weighted by molar-refractivity contribution is -0.117. The first-order valence-corrected chi connectivity index (χ1v) is 6.22. The quantitative estimate of drug-likeness (QED) is 0.812. The van der Waals surface area contributed by atoms with Crippen molar-refractivity contribution in [3.8, 4) is 0 Å². The van der Waals surface area contributed by atoms with Crippen LogP contribution in [-0.2, 0) is 10.3 Å². The molecule has 2 heterocycles. The minimum Gasteiger partial charge on any atom is -0.385 e. The molecule has 0 amide bonds. The number of ether oxygens (including phenoxy) is 1. The third kappa shape index (κ3) is 1.78. The Hall–Kier alpha value is -0.930. The number of halogens is 1. The first-order valence-electron chi connectivity index (χ1n) is 6.22. The van der Waals surface area contributed by atoms with Crippen LogP contribution in [0.1, 0.15) is 36.8 Å². The van der Waals surface area contributed by atoms with Crippen molar-refractivity contribution in [3.05, 3.63) is 35.1 Å². The minimum absolute atomic E-state index is 0.0960. The lowest BCUT2D eigenvalue weighted by Crippen LogP contribution is -2.39. The Morgan fingerprint density at radius 3 is 2.59 bits per heavy atom. The van der Waals surface area contributed by atoms with Gasteiger partial charge in [-0.05, 0) is 25.3 Å². The van der Waals surface area contributed by atoms with Crippen LogP contribution in [0.2, 0.25) is 0 Å². The second kappa shape index (κ2) is 3.79. The highest BCUT2D eigenvalue weighted by Crippen LogP contribution is 2.44. The third-order valence-electron chi connectivity index (χ3n) is 4.02. The van der Waals surface area contributed by atoms with Crippen LogP contribution in [0.15, 0.2) is 18.2 Å². The minimum atomic E-state index is -1.04. The lowest BCUT2D eigenvalue weighted by atomic mass is 9.82. The molecule has 2 aliphatic rings. The van der Waals surface area contributed by atoms with Gasteiger partial charge in [0.15, 0.2) is 0 Å². The third-order valence-corrected chi connectivity index (χ3v) is 4.02. The summed E-state index contributed by atoms with van der Waals surface area (Å²) < 4.78 is 19.8. The summed E-state index contributed by atoms with van der Waals surface area (Å²) in [6.45, 7) is 1.73. The molecule has 1 aromatic rings. The standard InChI is InChI=1S/C14H17FO2/c1-9-3-2-4-12(13(9)15)14(16)7-10-5-6-11(8-14)17-10/h2-4,10-11,16H,5-8H2,1H3. The normalized spacial score (nSPS) is 36.2. The molecule has 0 radical (unpaired) electrons. The van der Waals surface area contributed by atoms with Crippen molar-refractivity contribution >= 4 is 0 Å². The van der Waals surface area contributed by atoms with Gasteiger partial charge in [-0.15, -0.1) is 0 Å². The predicted octanol–water partition coefficient (Wildman–Crippen LogP) is 2.66. The van der Waals surface area contributed by atoms with E-state index in [0.717, 1.165) is 12.8 Å². The Kier molecular flexibility index (Phi) is 2.49. The van der Waals surface area contributed by atoms with Crippen molar-refractivity contribution in [2.24, 2.45) is 0 Å². The molecule has 2 atom stereocenters. The summed E-state index contributed by atoms with van der Waals surface area (Å²) in [5, 5.41) is 10.7. The number of aliphatic hydroxyl groups is 1. The molecule has 1 N–H and O–H groups in total. The van der Waals surface area contributed by atoms with E-state index in [1.165, 1.54) is 0 Å². The fraction of sp³-hybridized carbons (Fsp3) is 0.571. The first kappa shape index (κ1) is 11.2. The van der Waals surface area contributed by atoms with Crippen LogP contribution >= 0.6 is 0 Å². The van der Waals surface area contributed by atoms with Gasteiger partial charge < -0.3 is 9.84 Å². The SMILES string of the molecule is Cc1cccc(C2(O)CC3CCC(C2)O3)c1F. The number of rotatable bonds is 1.